The minimum absolute atomic E-state index is 0.0301. The fourth-order valence-electron chi connectivity index (χ4n) is 0.159. The minimum Gasteiger partial charge on any atom is -0.480 e. The van der Waals surface area contributed by atoms with Crippen LogP contribution in [0, 0.1) is 0 Å². The van der Waals surface area contributed by atoms with Gasteiger partial charge in [0.1, 0.15) is 6.04 Å². The Bertz CT molecular complexity index is 107. The number of aliphatic carboxylic acids is 1. The third-order valence-electron chi connectivity index (χ3n) is 0.666. The molecule has 46 valence electrons. The molecular formula is C4H8N2O2. The monoisotopic (exact) mass is 116 g/mol. The first-order chi connectivity index (χ1) is 3.55. The summed E-state index contributed by atoms with van der Waals surface area (Å²) in [5.41, 5.74) is 9.84. The third kappa shape index (κ3) is 1.61. The zero-order valence-electron chi connectivity index (χ0n) is 4.29. The van der Waals surface area contributed by atoms with Crippen LogP contribution in [-0.2, 0) is 4.79 Å². The van der Waals surface area contributed by atoms with Gasteiger partial charge in [0.2, 0.25) is 0 Å². The maximum absolute atomic E-state index is 9.87. The average Bonchev–Trinajstić information content (AvgIpc) is 1.64. The largest absolute Gasteiger partial charge is 0.480 e. The van der Waals surface area contributed by atoms with Crippen molar-refractivity contribution in [1.29, 1.82) is 0 Å². The predicted molar refractivity (Wildman–Crippen MR) is 28.9 cm³/mol. The number of hydrogen-bond acceptors (Lipinski definition) is 3. The fourth-order valence-corrected chi connectivity index (χ4v) is 0.159. The third-order valence-corrected chi connectivity index (χ3v) is 0.666. The zero-order chi connectivity index (χ0) is 6.73. The molecule has 1 unspecified atom stereocenters. The zero-order valence-corrected chi connectivity index (χ0v) is 4.29. The van der Waals surface area contributed by atoms with Crippen LogP contribution in [0.3, 0.4) is 0 Å². The Morgan fingerprint density at radius 1 is 1.75 bits per heavy atom. The molecule has 0 aliphatic carbocycles. The fraction of sp³-hybridized carbons (Fsp3) is 0.250. The molecule has 0 aromatic heterocycles. The van der Waals surface area contributed by atoms with Gasteiger partial charge in [-0.05, 0) is 0 Å². The first kappa shape index (κ1) is 6.97. The predicted octanol–water partition coefficient (Wildman–Crippen LogP) is -1.13. The highest BCUT2D eigenvalue weighted by Gasteiger charge is 2.10. The van der Waals surface area contributed by atoms with E-state index in [4.69, 9.17) is 16.6 Å². The van der Waals surface area contributed by atoms with Crippen molar-refractivity contribution in [3.63, 3.8) is 0 Å². The molecule has 0 radical (unpaired) electrons. The Balaban J connectivity index is 3.83. The Morgan fingerprint density at radius 2 is 2.12 bits per heavy atom. The van der Waals surface area contributed by atoms with Crippen molar-refractivity contribution in [2.45, 2.75) is 6.04 Å². The van der Waals surface area contributed by atoms with Gasteiger partial charge < -0.3 is 16.6 Å². The molecule has 4 nitrogen and oxygen atoms in total. The van der Waals surface area contributed by atoms with E-state index in [1.54, 1.807) is 0 Å². The van der Waals surface area contributed by atoms with Crippen molar-refractivity contribution < 1.29 is 9.90 Å². The van der Waals surface area contributed by atoms with Crippen LogP contribution >= 0.6 is 0 Å². The second kappa shape index (κ2) is 2.32. The van der Waals surface area contributed by atoms with Gasteiger partial charge >= 0.3 is 5.97 Å². The summed E-state index contributed by atoms with van der Waals surface area (Å²) < 4.78 is 0. The lowest BCUT2D eigenvalue weighted by Gasteiger charge is -2.01. The van der Waals surface area contributed by atoms with E-state index in [1.165, 1.54) is 0 Å². The van der Waals surface area contributed by atoms with Gasteiger partial charge in [0.25, 0.3) is 0 Å². The lowest BCUT2D eigenvalue weighted by Crippen LogP contribution is -2.34. The number of carboxylic acids is 1. The van der Waals surface area contributed by atoms with E-state index in [-0.39, 0.29) is 5.70 Å². The topological polar surface area (TPSA) is 89.3 Å². The molecule has 0 saturated carbocycles. The van der Waals surface area contributed by atoms with E-state index in [1.807, 2.05) is 0 Å². The van der Waals surface area contributed by atoms with Gasteiger partial charge in [0.05, 0.1) is 0 Å². The van der Waals surface area contributed by atoms with Crippen molar-refractivity contribution in [2.75, 3.05) is 0 Å². The molecule has 0 heterocycles. The Kier molecular flexibility index (Phi) is 2.02. The number of rotatable bonds is 2. The maximum atomic E-state index is 9.87. The summed E-state index contributed by atoms with van der Waals surface area (Å²) >= 11 is 0. The summed E-state index contributed by atoms with van der Waals surface area (Å²) in [6.45, 7) is 3.15. The highest BCUT2D eigenvalue weighted by atomic mass is 16.4. The van der Waals surface area contributed by atoms with Crippen LogP contribution < -0.4 is 11.5 Å². The van der Waals surface area contributed by atoms with E-state index in [9.17, 15) is 4.79 Å². The Morgan fingerprint density at radius 3 is 2.12 bits per heavy atom. The molecule has 5 N–H and O–H groups in total. The van der Waals surface area contributed by atoms with Gasteiger partial charge in [-0.25, -0.2) is 0 Å². The van der Waals surface area contributed by atoms with Crippen molar-refractivity contribution in [3.8, 4) is 0 Å². The van der Waals surface area contributed by atoms with E-state index < -0.39 is 12.0 Å². The molecule has 0 rings (SSSR count). The van der Waals surface area contributed by atoms with Gasteiger partial charge in [-0.3, -0.25) is 4.79 Å². The van der Waals surface area contributed by atoms with Crippen molar-refractivity contribution in [2.24, 2.45) is 11.5 Å². The number of carbonyl (C=O) groups is 1. The maximum Gasteiger partial charge on any atom is 0.326 e. The molecular weight excluding hydrogens is 108 g/mol. The van der Waals surface area contributed by atoms with Crippen LogP contribution in [0.4, 0.5) is 0 Å². The second-order valence-electron chi connectivity index (χ2n) is 1.39. The van der Waals surface area contributed by atoms with Crippen molar-refractivity contribution in [1.82, 2.24) is 0 Å². The number of hydrogen-bond donors (Lipinski definition) is 3. The van der Waals surface area contributed by atoms with Crippen LogP contribution in [0.5, 0.6) is 0 Å². The molecule has 0 saturated heterocycles. The van der Waals surface area contributed by atoms with Crippen LogP contribution in [0.2, 0.25) is 0 Å². The highest BCUT2D eigenvalue weighted by Crippen LogP contribution is 1.84. The Hall–Kier alpha value is -1.03. The first-order valence-electron chi connectivity index (χ1n) is 1.98. The number of nitrogens with two attached hydrogens (primary N) is 2. The van der Waals surface area contributed by atoms with E-state index in [0.717, 1.165) is 0 Å². The highest BCUT2D eigenvalue weighted by molar-refractivity contribution is 5.76. The normalized spacial score (nSPS) is 12.6. The molecule has 8 heavy (non-hydrogen) atoms. The molecule has 0 aliphatic rings. The molecule has 0 amide bonds. The van der Waals surface area contributed by atoms with Crippen molar-refractivity contribution in [3.05, 3.63) is 12.3 Å². The second-order valence-corrected chi connectivity index (χ2v) is 1.39. The van der Waals surface area contributed by atoms with Gasteiger partial charge in [0.15, 0.2) is 0 Å². The van der Waals surface area contributed by atoms with Gasteiger partial charge in [0, 0.05) is 5.70 Å². The summed E-state index contributed by atoms with van der Waals surface area (Å²) in [5, 5.41) is 8.09. The van der Waals surface area contributed by atoms with Gasteiger partial charge in [-0.1, -0.05) is 6.58 Å². The smallest absolute Gasteiger partial charge is 0.326 e. The summed E-state index contributed by atoms with van der Waals surface area (Å²) in [6.07, 6.45) is 0. The lowest BCUT2D eigenvalue weighted by molar-refractivity contribution is -0.137. The van der Waals surface area contributed by atoms with Crippen LogP contribution in [0.25, 0.3) is 0 Å². The first-order valence-corrected chi connectivity index (χ1v) is 1.98. The van der Waals surface area contributed by atoms with Crippen LogP contribution in [-0.4, -0.2) is 17.1 Å². The van der Waals surface area contributed by atoms with E-state index in [2.05, 4.69) is 6.58 Å². The standard InChI is InChI=1S/C4H8N2O2/c1-2(5)3(6)4(7)8/h3H,1,5-6H2,(H,7,8). The summed E-state index contributed by atoms with van der Waals surface area (Å²) in [4.78, 5) is 9.87. The molecule has 1 atom stereocenters. The SMILES string of the molecule is C=C(N)C(N)C(=O)O. The van der Waals surface area contributed by atoms with Gasteiger partial charge in [-0.15, -0.1) is 0 Å². The molecule has 0 aliphatic heterocycles. The molecule has 0 bridgehead atoms. The van der Waals surface area contributed by atoms with E-state index in [0.29, 0.717) is 0 Å². The summed E-state index contributed by atoms with van der Waals surface area (Å²) in [7, 11) is 0. The molecule has 0 spiro atoms. The Labute approximate surface area is 46.8 Å². The van der Waals surface area contributed by atoms with Gasteiger partial charge in [-0.2, -0.15) is 0 Å². The summed E-state index contributed by atoms with van der Waals surface area (Å²) in [6, 6.07) is -1.13. The molecule has 0 aromatic carbocycles. The summed E-state index contributed by atoms with van der Waals surface area (Å²) in [5.74, 6) is -1.16. The molecule has 4 heteroatoms. The molecule has 0 aromatic rings. The minimum atomic E-state index is -1.16. The number of carboxylic acid groups (broad SMARTS) is 1. The van der Waals surface area contributed by atoms with E-state index >= 15 is 0 Å². The van der Waals surface area contributed by atoms with Crippen LogP contribution in [0.15, 0.2) is 12.3 Å². The molecule has 0 fully saturated rings. The van der Waals surface area contributed by atoms with Crippen LogP contribution in [0.1, 0.15) is 0 Å². The quantitative estimate of drug-likeness (QED) is 0.426. The average molecular weight is 116 g/mol. The lowest BCUT2D eigenvalue weighted by atomic mass is 10.3. The van der Waals surface area contributed by atoms with Crippen molar-refractivity contribution >= 4 is 5.97 Å².